The van der Waals surface area contributed by atoms with Crippen LogP contribution in [0.1, 0.15) is 25.0 Å². The number of esters is 1. The van der Waals surface area contributed by atoms with Crippen LogP contribution >= 0.6 is 11.8 Å². The molecule has 1 heterocycles. The van der Waals surface area contributed by atoms with Gasteiger partial charge in [0.2, 0.25) is 0 Å². The number of hydrogen-bond donors (Lipinski definition) is 0. The summed E-state index contributed by atoms with van der Waals surface area (Å²) in [5.41, 5.74) is 2.42. The largest absolute Gasteiger partial charge is 0.465 e. The third kappa shape index (κ3) is 4.90. The van der Waals surface area contributed by atoms with Gasteiger partial charge in [0.1, 0.15) is 5.25 Å². The van der Waals surface area contributed by atoms with E-state index in [-0.39, 0.29) is 11.2 Å². The first kappa shape index (κ1) is 15.6. The molecule has 0 aliphatic carbocycles. The molecule has 3 nitrogen and oxygen atoms in total. The molecule has 0 fully saturated rings. The number of carbonyl (C=O) groups is 1. The smallest absolute Gasteiger partial charge is 0.319 e. The van der Waals surface area contributed by atoms with Gasteiger partial charge in [-0.2, -0.15) is 0 Å². The Bertz CT molecular complexity index is 569. The van der Waals surface area contributed by atoms with E-state index in [9.17, 15) is 4.79 Å². The standard InChI is InChI=1S/C17H19NO2S/c1-3-20-17(19)13(2)21-16-8-6-14(7-9-16)11-15-5-4-10-18-12-15/h4-10,12-13H,3,11H2,1-2H3. The SMILES string of the molecule is CCOC(=O)C(C)Sc1ccc(Cc2cccnc2)cc1. The summed E-state index contributed by atoms with van der Waals surface area (Å²) < 4.78 is 5.01. The van der Waals surface area contributed by atoms with Gasteiger partial charge in [0, 0.05) is 17.3 Å². The Labute approximate surface area is 129 Å². The zero-order valence-electron chi connectivity index (χ0n) is 12.3. The van der Waals surface area contributed by atoms with Crippen molar-refractivity contribution < 1.29 is 9.53 Å². The van der Waals surface area contributed by atoms with Gasteiger partial charge in [0.15, 0.2) is 0 Å². The van der Waals surface area contributed by atoms with Gasteiger partial charge >= 0.3 is 5.97 Å². The normalized spacial score (nSPS) is 11.9. The lowest BCUT2D eigenvalue weighted by atomic mass is 10.1. The number of carbonyl (C=O) groups excluding carboxylic acids is 1. The van der Waals surface area contributed by atoms with Crippen molar-refractivity contribution in [2.24, 2.45) is 0 Å². The van der Waals surface area contributed by atoms with Gasteiger partial charge in [-0.25, -0.2) is 0 Å². The summed E-state index contributed by atoms with van der Waals surface area (Å²) >= 11 is 1.52. The molecule has 4 heteroatoms. The van der Waals surface area contributed by atoms with Crippen LogP contribution in [0, 0.1) is 0 Å². The van der Waals surface area contributed by atoms with Crippen molar-refractivity contribution >= 4 is 17.7 Å². The van der Waals surface area contributed by atoms with Crippen LogP contribution in [-0.2, 0) is 16.0 Å². The molecule has 0 amide bonds. The Hall–Kier alpha value is -1.81. The Morgan fingerprint density at radius 3 is 2.62 bits per heavy atom. The number of ether oxygens (including phenoxy) is 1. The van der Waals surface area contributed by atoms with Gasteiger partial charge in [-0.3, -0.25) is 9.78 Å². The summed E-state index contributed by atoms with van der Waals surface area (Å²) in [4.78, 5) is 16.8. The van der Waals surface area contributed by atoms with Crippen LogP contribution in [0.3, 0.4) is 0 Å². The first-order chi connectivity index (χ1) is 10.2. The molecule has 2 aromatic rings. The average Bonchev–Trinajstić information content (AvgIpc) is 2.50. The summed E-state index contributed by atoms with van der Waals surface area (Å²) in [6.07, 6.45) is 4.53. The summed E-state index contributed by atoms with van der Waals surface area (Å²) in [6, 6.07) is 12.3. The van der Waals surface area contributed by atoms with Crippen LogP contribution < -0.4 is 0 Å². The first-order valence-electron chi connectivity index (χ1n) is 7.00. The molecular weight excluding hydrogens is 282 g/mol. The molecule has 1 atom stereocenters. The van der Waals surface area contributed by atoms with Crippen LogP contribution in [0.5, 0.6) is 0 Å². The molecule has 0 saturated carbocycles. The van der Waals surface area contributed by atoms with Crippen molar-refractivity contribution in [3.05, 3.63) is 59.9 Å². The zero-order chi connectivity index (χ0) is 15.1. The maximum Gasteiger partial charge on any atom is 0.319 e. The fourth-order valence-corrected chi connectivity index (χ4v) is 2.80. The fraction of sp³-hybridized carbons (Fsp3) is 0.294. The second kappa shape index (κ2) is 7.84. The molecule has 0 aliphatic heterocycles. The van der Waals surface area contributed by atoms with Crippen molar-refractivity contribution in [1.29, 1.82) is 0 Å². The van der Waals surface area contributed by atoms with E-state index < -0.39 is 0 Å². The summed E-state index contributed by atoms with van der Waals surface area (Å²) in [5, 5.41) is -0.186. The van der Waals surface area contributed by atoms with E-state index in [1.54, 1.807) is 6.20 Å². The highest BCUT2D eigenvalue weighted by Gasteiger charge is 2.15. The Morgan fingerprint density at radius 1 is 1.24 bits per heavy atom. The van der Waals surface area contributed by atoms with Gasteiger partial charge in [0.05, 0.1) is 6.61 Å². The lowest BCUT2D eigenvalue weighted by molar-refractivity contribution is -0.142. The fourth-order valence-electron chi connectivity index (χ4n) is 1.94. The molecule has 0 aliphatic rings. The molecule has 0 saturated heterocycles. The number of benzene rings is 1. The molecule has 1 unspecified atom stereocenters. The summed E-state index contributed by atoms with van der Waals surface area (Å²) in [6.45, 7) is 4.11. The van der Waals surface area contributed by atoms with Crippen molar-refractivity contribution in [2.45, 2.75) is 30.4 Å². The van der Waals surface area contributed by atoms with Gasteiger partial charge < -0.3 is 4.74 Å². The zero-order valence-corrected chi connectivity index (χ0v) is 13.1. The number of hydrogen-bond acceptors (Lipinski definition) is 4. The number of pyridine rings is 1. The molecule has 1 aromatic carbocycles. The van der Waals surface area contributed by atoms with E-state index in [4.69, 9.17) is 4.74 Å². The number of rotatable bonds is 6. The molecule has 0 bridgehead atoms. The second-order valence-corrected chi connectivity index (χ2v) is 6.11. The van der Waals surface area contributed by atoms with Crippen molar-refractivity contribution in [2.75, 3.05) is 6.61 Å². The molecule has 21 heavy (non-hydrogen) atoms. The lowest BCUT2D eigenvalue weighted by Crippen LogP contribution is -2.16. The molecule has 110 valence electrons. The molecule has 0 N–H and O–H groups in total. The Kier molecular flexibility index (Phi) is 5.81. The van der Waals surface area contributed by atoms with E-state index in [1.807, 2.05) is 38.2 Å². The van der Waals surface area contributed by atoms with E-state index in [0.29, 0.717) is 6.61 Å². The van der Waals surface area contributed by atoms with E-state index in [2.05, 4.69) is 23.2 Å². The third-order valence-corrected chi connectivity index (χ3v) is 4.08. The Balaban J connectivity index is 1.94. The van der Waals surface area contributed by atoms with Crippen molar-refractivity contribution in [1.82, 2.24) is 4.98 Å². The van der Waals surface area contributed by atoms with Crippen LogP contribution in [0.4, 0.5) is 0 Å². The summed E-state index contributed by atoms with van der Waals surface area (Å²) in [5.74, 6) is -0.165. The second-order valence-electron chi connectivity index (χ2n) is 4.69. The van der Waals surface area contributed by atoms with Gasteiger partial charge in [-0.1, -0.05) is 18.2 Å². The van der Waals surface area contributed by atoms with Crippen LogP contribution in [0.2, 0.25) is 0 Å². The molecular formula is C17H19NO2S. The maximum absolute atomic E-state index is 11.6. The average molecular weight is 301 g/mol. The van der Waals surface area contributed by atoms with Gasteiger partial charge in [-0.15, -0.1) is 11.8 Å². The van der Waals surface area contributed by atoms with E-state index in [0.717, 1.165) is 11.3 Å². The van der Waals surface area contributed by atoms with Crippen LogP contribution in [-0.4, -0.2) is 22.8 Å². The highest BCUT2D eigenvalue weighted by molar-refractivity contribution is 8.00. The topological polar surface area (TPSA) is 39.2 Å². The highest BCUT2D eigenvalue weighted by Crippen LogP contribution is 2.24. The lowest BCUT2D eigenvalue weighted by Gasteiger charge is -2.10. The summed E-state index contributed by atoms with van der Waals surface area (Å²) in [7, 11) is 0. The maximum atomic E-state index is 11.6. The van der Waals surface area contributed by atoms with Crippen molar-refractivity contribution in [3.63, 3.8) is 0 Å². The number of nitrogens with zero attached hydrogens (tertiary/aromatic N) is 1. The minimum atomic E-state index is -0.186. The van der Waals surface area contributed by atoms with Crippen molar-refractivity contribution in [3.8, 4) is 0 Å². The molecule has 0 radical (unpaired) electrons. The van der Waals surface area contributed by atoms with Gasteiger partial charge in [-0.05, 0) is 49.6 Å². The highest BCUT2D eigenvalue weighted by atomic mass is 32.2. The third-order valence-electron chi connectivity index (χ3n) is 2.99. The number of thioether (sulfide) groups is 1. The Morgan fingerprint density at radius 2 is 2.00 bits per heavy atom. The predicted molar refractivity (Wildman–Crippen MR) is 85.4 cm³/mol. The quantitative estimate of drug-likeness (QED) is 0.602. The molecule has 2 rings (SSSR count). The minimum Gasteiger partial charge on any atom is -0.465 e. The minimum absolute atomic E-state index is 0.165. The predicted octanol–water partition coefficient (Wildman–Crippen LogP) is 3.72. The molecule has 0 spiro atoms. The van der Waals surface area contributed by atoms with Crippen LogP contribution in [0.25, 0.3) is 0 Å². The van der Waals surface area contributed by atoms with E-state index >= 15 is 0 Å². The monoisotopic (exact) mass is 301 g/mol. The molecule has 1 aromatic heterocycles. The van der Waals surface area contributed by atoms with E-state index in [1.165, 1.54) is 22.9 Å². The van der Waals surface area contributed by atoms with Gasteiger partial charge in [0.25, 0.3) is 0 Å². The number of aromatic nitrogens is 1. The van der Waals surface area contributed by atoms with Crippen LogP contribution in [0.15, 0.2) is 53.7 Å². The first-order valence-corrected chi connectivity index (χ1v) is 7.88.